The van der Waals surface area contributed by atoms with Gasteiger partial charge in [-0.25, -0.2) is 8.42 Å². The molecule has 0 saturated heterocycles. The van der Waals surface area contributed by atoms with E-state index in [0.29, 0.717) is 10.2 Å². The molecule has 0 aliphatic carbocycles. The maximum Gasteiger partial charge on any atom is 0.244 e. The van der Waals surface area contributed by atoms with Gasteiger partial charge in [0.1, 0.15) is 12.6 Å². The van der Waals surface area contributed by atoms with E-state index in [1.54, 1.807) is 31.2 Å². The van der Waals surface area contributed by atoms with Gasteiger partial charge in [-0.2, -0.15) is 0 Å². The standard InChI is InChI=1S/C22H27Br2N3O4S/c1-15(2)25-22(29)16(3)26(13-17-8-10-18(23)11-9-17)21(28)14-27(32(4,30)31)20-7-5-6-19(24)12-20/h5-12,15-16H,13-14H2,1-4H3,(H,25,29). The third-order valence-electron chi connectivity index (χ3n) is 4.64. The summed E-state index contributed by atoms with van der Waals surface area (Å²) in [6.07, 6.45) is 1.05. The summed E-state index contributed by atoms with van der Waals surface area (Å²) in [4.78, 5) is 27.5. The Morgan fingerprint density at radius 1 is 1.00 bits per heavy atom. The summed E-state index contributed by atoms with van der Waals surface area (Å²) >= 11 is 6.72. The van der Waals surface area contributed by atoms with Crippen molar-refractivity contribution in [3.63, 3.8) is 0 Å². The van der Waals surface area contributed by atoms with Crippen LogP contribution in [0.1, 0.15) is 26.3 Å². The molecule has 0 spiro atoms. The molecule has 7 nitrogen and oxygen atoms in total. The van der Waals surface area contributed by atoms with Crippen molar-refractivity contribution in [2.45, 2.75) is 39.4 Å². The number of benzene rings is 2. The number of carbonyl (C=O) groups excluding carboxylic acids is 2. The molecular formula is C22H27Br2N3O4S. The molecule has 174 valence electrons. The monoisotopic (exact) mass is 587 g/mol. The van der Waals surface area contributed by atoms with Crippen molar-refractivity contribution >= 4 is 59.4 Å². The number of halogens is 2. The molecule has 0 bridgehead atoms. The molecule has 2 rings (SSSR count). The molecule has 0 radical (unpaired) electrons. The Kier molecular flexibility index (Phi) is 9.29. The average Bonchev–Trinajstić information content (AvgIpc) is 2.69. The van der Waals surface area contributed by atoms with E-state index in [2.05, 4.69) is 37.2 Å². The van der Waals surface area contributed by atoms with E-state index >= 15 is 0 Å². The van der Waals surface area contributed by atoms with Gasteiger partial charge in [0.2, 0.25) is 21.8 Å². The predicted molar refractivity (Wildman–Crippen MR) is 134 cm³/mol. The molecular weight excluding hydrogens is 562 g/mol. The van der Waals surface area contributed by atoms with E-state index in [1.165, 1.54) is 4.90 Å². The van der Waals surface area contributed by atoms with Gasteiger partial charge in [-0.05, 0) is 56.7 Å². The first-order valence-electron chi connectivity index (χ1n) is 9.96. The summed E-state index contributed by atoms with van der Waals surface area (Å²) in [5.41, 5.74) is 1.18. The van der Waals surface area contributed by atoms with Crippen LogP contribution in [-0.4, -0.2) is 50.0 Å². The molecule has 0 aliphatic heterocycles. The molecule has 2 amide bonds. The summed E-state index contributed by atoms with van der Waals surface area (Å²) in [5, 5.41) is 2.82. The second kappa shape index (κ2) is 11.3. The first-order valence-corrected chi connectivity index (χ1v) is 13.4. The van der Waals surface area contributed by atoms with Gasteiger partial charge in [-0.15, -0.1) is 0 Å². The highest BCUT2D eigenvalue weighted by Crippen LogP contribution is 2.23. The van der Waals surface area contributed by atoms with Crippen LogP contribution in [0.3, 0.4) is 0 Å². The number of hydrogen-bond donors (Lipinski definition) is 1. The van der Waals surface area contributed by atoms with Crippen LogP contribution in [0.25, 0.3) is 0 Å². The number of hydrogen-bond acceptors (Lipinski definition) is 4. The van der Waals surface area contributed by atoms with Gasteiger partial charge in [-0.3, -0.25) is 13.9 Å². The third kappa shape index (κ3) is 7.60. The number of rotatable bonds is 9. The molecule has 1 unspecified atom stereocenters. The van der Waals surface area contributed by atoms with E-state index in [1.807, 2.05) is 38.1 Å². The number of carbonyl (C=O) groups is 2. The molecule has 0 aliphatic rings. The normalized spacial score (nSPS) is 12.3. The lowest BCUT2D eigenvalue weighted by atomic mass is 10.1. The van der Waals surface area contributed by atoms with Gasteiger partial charge < -0.3 is 10.2 Å². The van der Waals surface area contributed by atoms with Crippen LogP contribution in [0.15, 0.2) is 57.5 Å². The Bertz CT molecular complexity index is 1060. The molecule has 2 aromatic carbocycles. The van der Waals surface area contributed by atoms with Crippen molar-refractivity contribution in [2.24, 2.45) is 0 Å². The molecule has 10 heteroatoms. The summed E-state index contributed by atoms with van der Waals surface area (Å²) < 4.78 is 27.6. The van der Waals surface area contributed by atoms with Crippen molar-refractivity contribution in [2.75, 3.05) is 17.1 Å². The number of amides is 2. The van der Waals surface area contributed by atoms with Crippen LogP contribution < -0.4 is 9.62 Å². The van der Waals surface area contributed by atoms with Gasteiger partial charge in [-0.1, -0.05) is 50.1 Å². The number of sulfonamides is 1. The second-order valence-electron chi connectivity index (χ2n) is 7.74. The van der Waals surface area contributed by atoms with Crippen LogP contribution in [0.2, 0.25) is 0 Å². The molecule has 0 saturated carbocycles. The fraction of sp³-hybridized carbons (Fsp3) is 0.364. The SMILES string of the molecule is CC(C)NC(=O)C(C)N(Cc1ccc(Br)cc1)C(=O)CN(c1cccc(Br)c1)S(C)(=O)=O. The van der Waals surface area contributed by atoms with Crippen LogP contribution in [0.4, 0.5) is 5.69 Å². The highest BCUT2D eigenvalue weighted by atomic mass is 79.9. The first kappa shape index (κ1) is 26.3. The minimum atomic E-state index is -3.75. The molecule has 0 heterocycles. The zero-order valence-electron chi connectivity index (χ0n) is 18.4. The van der Waals surface area contributed by atoms with Crippen LogP contribution in [0, 0.1) is 0 Å². The summed E-state index contributed by atoms with van der Waals surface area (Å²) in [6.45, 7) is 5.05. The highest BCUT2D eigenvalue weighted by Gasteiger charge is 2.30. The van der Waals surface area contributed by atoms with E-state index < -0.39 is 28.5 Å². The van der Waals surface area contributed by atoms with Crippen molar-refractivity contribution in [1.29, 1.82) is 0 Å². The fourth-order valence-electron chi connectivity index (χ4n) is 3.02. The number of anilines is 1. The van der Waals surface area contributed by atoms with E-state index in [9.17, 15) is 18.0 Å². The van der Waals surface area contributed by atoms with Gasteiger partial charge in [0.25, 0.3) is 0 Å². The summed E-state index contributed by atoms with van der Waals surface area (Å²) in [7, 11) is -3.75. The van der Waals surface area contributed by atoms with Crippen LogP contribution in [0.5, 0.6) is 0 Å². The van der Waals surface area contributed by atoms with Crippen molar-refractivity contribution in [3.8, 4) is 0 Å². The van der Waals surface area contributed by atoms with Crippen LogP contribution in [-0.2, 0) is 26.2 Å². The Hall–Kier alpha value is -1.91. The van der Waals surface area contributed by atoms with E-state index in [4.69, 9.17) is 0 Å². The maximum absolute atomic E-state index is 13.4. The molecule has 0 aromatic heterocycles. The maximum atomic E-state index is 13.4. The Morgan fingerprint density at radius 2 is 1.62 bits per heavy atom. The average molecular weight is 589 g/mol. The molecule has 2 aromatic rings. The lowest BCUT2D eigenvalue weighted by Gasteiger charge is -2.32. The largest absolute Gasteiger partial charge is 0.352 e. The Balaban J connectivity index is 2.38. The fourth-order valence-corrected chi connectivity index (χ4v) is 4.51. The first-order chi connectivity index (χ1) is 14.9. The van der Waals surface area contributed by atoms with Crippen LogP contribution >= 0.6 is 31.9 Å². The topological polar surface area (TPSA) is 86.8 Å². The molecule has 32 heavy (non-hydrogen) atoms. The smallest absolute Gasteiger partial charge is 0.244 e. The number of nitrogens with zero attached hydrogens (tertiary/aromatic N) is 2. The van der Waals surface area contributed by atoms with Crippen molar-refractivity contribution in [3.05, 3.63) is 63.0 Å². The third-order valence-corrected chi connectivity index (χ3v) is 6.80. The molecule has 1 atom stereocenters. The lowest BCUT2D eigenvalue weighted by molar-refractivity contribution is -0.139. The minimum absolute atomic E-state index is 0.0937. The molecule has 0 fully saturated rings. The zero-order valence-corrected chi connectivity index (χ0v) is 22.4. The van der Waals surface area contributed by atoms with Gasteiger partial charge >= 0.3 is 0 Å². The zero-order chi connectivity index (χ0) is 24.1. The Morgan fingerprint density at radius 3 is 2.16 bits per heavy atom. The van der Waals surface area contributed by atoms with E-state index in [0.717, 1.165) is 20.6 Å². The van der Waals surface area contributed by atoms with E-state index in [-0.39, 0.29) is 18.5 Å². The minimum Gasteiger partial charge on any atom is -0.352 e. The highest BCUT2D eigenvalue weighted by molar-refractivity contribution is 9.10. The summed E-state index contributed by atoms with van der Waals surface area (Å²) in [6, 6.07) is 13.2. The second-order valence-corrected chi connectivity index (χ2v) is 11.5. The quantitative estimate of drug-likeness (QED) is 0.481. The lowest BCUT2D eigenvalue weighted by Crippen LogP contribution is -2.52. The van der Waals surface area contributed by atoms with Gasteiger partial charge in [0.15, 0.2) is 0 Å². The van der Waals surface area contributed by atoms with Crippen molar-refractivity contribution in [1.82, 2.24) is 10.2 Å². The predicted octanol–water partition coefficient (Wildman–Crippen LogP) is 3.92. The molecule has 1 N–H and O–H groups in total. The summed E-state index contributed by atoms with van der Waals surface area (Å²) in [5.74, 6) is -0.788. The number of nitrogens with one attached hydrogen (secondary N) is 1. The van der Waals surface area contributed by atoms with Gasteiger partial charge in [0.05, 0.1) is 11.9 Å². The Labute approximate surface area is 206 Å². The van der Waals surface area contributed by atoms with Crippen molar-refractivity contribution < 1.29 is 18.0 Å². The van der Waals surface area contributed by atoms with Gasteiger partial charge in [0, 0.05) is 21.5 Å².